The second kappa shape index (κ2) is 7.92. The van der Waals surface area contributed by atoms with E-state index >= 15 is 0 Å². The second-order valence-electron chi connectivity index (χ2n) is 4.78. The summed E-state index contributed by atoms with van der Waals surface area (Å²) < 4.78 is 6.53. The van der Waals surface area contributed by atoms with Gasteiger partial charge in [-0.05, 0) is 19.1 Å². The highest BCUT2D eigenvalue weighted by Crippen LogP contribution is 2.16. The third-order valence-corrected chi connectivity index (χ3v) is 3.19. The van der Waals surface area contributed by atoms with Crippen LogP contribution in [0.4, 0.5) is 5.69 Å². The number of carbonyl (C=O) groups excluding carboxylic acids is 2. The highest BCUT2D eigenvalue weighted by atomic mass is 16.5. The number of benzene rings is 1. The molecule has 8 nitrogen and oxygen atoms in total. The maximum absolute atomic E-state index is 12.2. The van der Waals surface area contributed by atoms with Crippen LogP contribution in [-0.4, -0.2) is 51.7 Å². The molecule has 122 valence electrons. The molecule has 8 heteroatoms. The maximum Gasteiger partial charge on any atom is 0.244 e. The molecule has 0 aliphatic rings. The Labute approximate surface area is 134 Å². The lowest BCUT2D eigenvalue weighted by Crippen LogP contribution is -2.39. The molecule has 0 aliphatic heterocycles. The van der Waals surface area contributed by atoms with Gasteiger partial charge in [0.15, 0.2) is 0 Å². The summed E-state index contributed by atoms with van der Waals surface area (Å²) >= 11 is 0. The van der Waals surface area contributed by atoms with Crippen molar-refractivity contribution >= 4 is 17.5 Å². The molecular weight excluding hydrogens is 298 g/mol. The first-order chi connectivity index (χ1) is 11.1. The molecule has 0 saturated carbocycles. The van der Waals surface area contributed by atoms with E-state index in [1.807, 2.05) is 6.92 Å². The van der Waals surface area contributed by atoms with Gasteiger partial charge in [0.25, 0.3) is 0 Å². The number of nitrogens with zero attached hydrogens (tertiary/aromatic N) is 4. The van der Waals surface area contributed by atoms with Gasteiger partial charge in [-0.15, -0.1) is 0 Å². The van der Waals surface area contributed by atoms with E-state index in [-0.39, 0.29) is 24.9 Å². The molecule has 1 aromatic carbocycles. The van der Waals surface area contributed by atoms with Crippen LogP contribution in [0.2, 0.25) is 0 Å². The van der Waals surface area contributed by atoms with E-state index < -0.39 is 0 Å². The van der Waals surface area contributed by atoms with Crippen molar-refractivity contribution in [3.8, 4) is 5.75 Å². The molecule has 0 bridgehead atoms. The largest absolute Gasteiger partial charge is 0.497 e. The Kier molecular flexibility index (Phi) is 5.67. The Hall–Kier alpha value is -2.90. The zero-order chi connectivity index (χ0) is 16.7. The van der Waals surface area contributed by atoms with Gasteiger partial charge in [0.05, 0.1) is 13.7 Å². The first-order valence-electron chi connectivity index (χ1n) is 7.16. The van der Waals surface area contributed by atoms with Gasteiger partial charge < -0.3 is 15.0 Å². The molecule has 0 saturated heterocycles. The van der Waals surface area contributed by atoms with E-state index in [2.05, 4.69) is 15.4 Å². The van der Waals surface area contributed by atoms with Crippen molar-refractivity contribution < 1.29 is 14.3 Å². The van der Waals surface area contributed by atoms with Crippen LogP contribution in [-0.2, 0) is 16.1 Å². The van der Waals surface area contributed by atoms with Crippen LogP contribution in [0.15, 0.2) is 36.9 Å². The van der Waals surface area contributed by atoms with Crippen molar-refractivity contribution in [3.05, 3.63) is 36.9 Å². The van der Waals surface area contributed by atoms with Crippen molar-refractivity contribution in [3.63, 3.8) is 0 Å². The molecule has 0 aliphatic carbocycles. The molecule has 23 heavy (non-hydrogen) atoms. The SMILES string of the molecule is CCN(CC(=O)Nc1cccc(OC)c1)C(=O)Cn1cncn1. The number of methoxy groups -OCH3 is 1. The number of likely N-dealkylation sites (N-methyl/N-ethyl adjacent to an activating group) is 1. The van der Waals surface area contributed by atoms with Gasteiger partial charge in [-0.3, -0.25) is 9.59 Å². The van der Waals surface area contributed by atoms with E-state index in [9.17, 15) is 9.59 Å². The average molecular weight is 317 g/mol. The normalized spacial score (nSPS) is 10.2. The number of anilines is 1. The number of carbonyl (C=O) groups is 2. The Morgan fingerprint density at radius 2 is 2.22 bits per heavy atom. The van der Waals surface area contributed by atoms with Gasteiger partial charge >= 0.3 is 0 Å². The topological polar surface area (TPSA) is 89.4 Å². The average Bonchev–Trinajstić information content (AvgIpc) is 3.05. The predicted molar refractivity (Wildman–Crippen MR) is 83.9 cm³/mol. The van der Waals surface area contributed by atoms with E-state index in [1.54, 1.807) is 31.4 Å². The molecule has 0 radical (unpaired) electrons. The molecule has 1 aromatic heterocycles. The summed E-state index contributed by atoms with van der Waals surface area (Å²) in [5.74, 6) is 0.184. The third-order valence-electron chi connectivity index (χ3n) is 3.19. The number of rotatable bonds is 7. The molecule has 1 N–H and O–H groups in total. The standard InChI is InChI=1S/C15H19N5O3/c1-3-19(15(22)9-20-11-16-10-17-20)8-14(21)18-12-5-4-6-13(7-12)23-2/h4-7,10-11H,3,8-9H2,1-2H3,(H,18,21). The monoisotopic (exact) mass is 317 g/mol. The van der Waals surface area contributed by atoms with Gasteiger partial charge in [-0.1, -0.05) is 6.07 Å². The highest BCUT2D eigenvalue weighted by Gasteiger charge is 2.16. The third kappa shape index (κ3) is 4.80. The van der Waals surface area contributed by atoms with E-state index in [0.29, 0.717) is 18.0 Å². The number of hydrogen-bond acceptors (Lipinski definition) is 5. The quantitative estimate of drug-likeness (QED) is 0.815. The molecule has 0 atom stereocenters. The maximum atomic E-state index is 12.2. The van der Waals surface area contributed by atoms with Crippen LogP contribution in [0, 0.1) is 0 Å². The molecule has 0 fully saturated rings. The minimum atomic E-state index is -0.271. The Balaban J connectivity index is 1.92. The minimum absolute atomic E-state index is 0.0265. The van der Waals surface area contributed by atoms with Crippen LogP contribution in [0.3, 0.4) is 0 Å². The van der Waals surface area contributed by atoms with E-state index in [1.165, 1.54) is 22.2 Å². The van der Waals surface area contributed by atoms with Gasteiger partial charge in [0.2, 0.25) is 11.8 Å². The summed E-state index contributed by atoms with van der Waals surface area (Å²) in [7, 11) is 1.56. The Bertz CT molecular complexity index is 657. The molecule has 2 amide bonds. The summed E-state index contributed by atoms with van der Waals surface area (Å²) in [5.41, 5.74) is 0.620. The Morgan fingerprint density at radius 1 is 1.39 bits per heavy atom. The molecule has 1 heterocycles. The fourth-order valence-electron chi connectivity index (χ4n) is 2.00. The van der Waals surface area contributed by atoms with Gasteiger partial charge in [0.1, 0.15) is 24.9 Å². The highest BCUT2D eigenvalue weighted by molar-refractivity contribution is 5.94. The van der Waals surface area contributed by atoms with Gasteiger partial charge in [-0.25, -0.2) is 9.67 Å². The van der Waals surface area contributed by atoms with Crippen LogP contribution >= 0.6 is 0 Å². The molecule has 0 unspecified atom stereocenters. The molecule has 2 rings (SSSR count). The number of ether oxygens (including phenoxy) is 1. The lowest BCUT2D eigenvalue weighted by molar-refractivity contribution is -0.135. The molecule has 0 spiro atoms. The summed E-state index contributed by atoms with van der Waals surface area (Å²) in [6.07, 6.45) is 2.82. The summed E-state index contributed by atoms with van der Waals surface area (Å²) in [5, 5.41) is 6.63. The number of hydrogen-bond donors (Lipinski definition) is 1. The zero-order valence-corrected chi connectivity index (χ0v) is 13.1. The second-order valence-corrected chi connectivity index (χ2v) is 4.78. The zero-order valence-electron chi connectivity index (χ0n) is 13.1. The van der Waals surface area contributed by atoms with Crippen LogP contribution in [0.5, 0.6) is 5.75 Å². The van der Waals surface area contributed by atoms with Crippen molar-refractivity contribution in [2.45, 2.75) is 13.5 Å². The van der Waals surface area contributed by atoms with Gasteiger partial charge in [0, 0.05) is 18.3 Å². The Morgan fingerprint density at radius 3 is 2.87 bits per heavy atom. The van der Waals surface area contributed by atoms with Gasteiger partial charge in [-0.2, -0.15) is 5.10 Å². The number of aromatic nitrogens is 3. The first-order valence-corrected chi connectivity index (χ1v) is 7.16. The smallest absolute Gasteiger partial charge is 0.244 e. The summed E-state index contributed by atoms with van der Waals surface area (Å²) in [6.45, 7) is 2.28. The lowest BCUT2D eigenvalue weighted by Gasteiger charge is -2.20. The van der Waals surface area contributed by atoms with Crippen LogP contribution in [0.1, 0.15) is 6.92 Å². The summed E-state index contributed by atoms with van der Waals surface area (Å²) in [6, 6.07) is 7.04. The van der Waals surface area contributed by atoms with Crippen molar-refractivity contribution in [2.75, 3.05) is 25.5 Å². The number of amides is 2. The minimum Gasteiger partial charge on any atom is -0.497 e. The molecular formula is C15H19N5O3. The number of nitrogens with one attached hydrogen (secondary N) is 1. The van der Waals surface area contributed by atoms with E-state index in [0.717, 1.165) is 0 Å². The predicted octanol–water partition coefficient (Wildman–Crippen LogP) is 0.774. The van der Waals surface area contributed by atoms with Crippen LogP contribution in [0.25, 0.3) is 0 Å². The first kappa shape index (κ1) is 16.5. The molecule has 2 aromatic rings. The van der Waals surface area contributed by atoms with Crippen molar-refractivity contribution in [1.82, 2.24) is 19.7 Å². The van der Waals surface area contributed by atoms with E-state index in [4.69, 9.17) is 4.74 Å². The fourth-order valence-corrected chi connectivity index (χ4v) is 2.00. The summed E-state index contributed by atoms with van der Waals surface area (Å²) in [4.78, 5) is 29.5. The lowest BCUT2D eigenvalue weighted by atomic mass is 10.3. The van der Waals surface area contributed by atoms with Crippen LogP contribution < -0.4 is 10.1 Å². The van der Waals surface area contributed by atoms with Crippen molar-refractivity contribution in [1.29, 1.82) is 0 Å². The van der Waals surface area contributed by atoms with Crippen molar-refractivity contribution in [2.24, 2.45) is 0 Å². The fraction of sp³-hybridized carbons (Fsp3) is 0.333.